The number of aldehydes is 1. The fourth-order valence-corrected chi connectivity index (χ4v) is 7.21. The topological polar surface area (TPSA) is 17.1 Å². The van der Waals surface area contributed by atoms with Crippen LogP contribution in [0.15, 0.2) is 36.9 Å². The van der Waals surface area contributed by atoms with Gasteiger partial charge in [0.2, 0.25) is 0 Å². The van der Waals surface area contributed by atoms with Gasteiger partial charge in [0.1, 0.15) is 6.29 Å². The summed E-state index contributed by atoms with van der Waals surface area (Å²) in [5, 5.41) is 1.54. The second-order valence-electron chi connectivity index (χ2n) is 4.94. The molecule has 0 N–H and O–H groups in total. The van der Waals surface area contributed by atoms with Crippen molar-refractivity contribution in [2.24, 2.45) is 0 Å². The van der Waals surface area contributed by atoms with Gasteiger partial charge in [-0.3, -0.25) is 0 Å². The van der Waals surface area contributed by atoms with Gasteiger partial charge in [-0.05, 0) is 23.6 Å². The summed E-state index contributed by atoms with van der Waals surface area (Å²) in [6, 6.07) is 11.0. The highest BCUT2D eigenvalue weighted by Crippen LogP contribution is 2.37. The molecule has 1 aliphatic rings. The molecule has 0 unspecified atom stereocenters. The highest BCUT2D eigenvalue weighted by molar-refractivity contribution is 6.92. The van der Waals surface area contributed by atoms with Crippen LogP contribution in [0.1, 0.15) is 17.9 Å². The Bertz CT molecular complexity index is 413. The number of hydrogen-bond donors (Lipinski definition) is 0. The molecule has 1 nitrogen and oxygen atoms in total. The van der Waals surface area contributed by atoms with E-state index in [4.69, 9.17) is 0 Å². The molecule has 2 rings (SSSR count). The molecule has 1 aliphatic heterocycles. The number of carbonyl (C=O) groups is 1. The van der Waals surface area contributed by atoms with E-state index in [-0.39, 0.29) is 0 Å². The van der Waals surface area contributed by atoms with E-state index in [9.17, 15) is 4.79 Å². The third-order valence-corrected chi connectivity index (χ3v) is 8.06. The first-order valence-corrected chi connectivity index (χ1v) is 8.76. The van der Waals surface area contributed by atoms with Crippen LogP contribution in [0.2, 0.25) is 18.6 Å². The van der Waals surface area contributed by atoms with Crippen LogP contribution >= 0.6 is 0 Å². The first-order valence-electron chi connectivity index (χ1n) is 5.85. The molecule has 0 saturated carbocycles. The van der Waals surface area contributed by atoms with Gasteiger partial charge in [-0.15, -0.1) is 6.58 Å². The van der Waals surface area contributed by atoms with E-state index in [0.29, 0.717) is 12.3 Å². The fourth-order valence-electron chi connectivity index (χ4n) is 3.00. The van der Waals surface area contributed by atoms with Gasteiger partial charge in [0, 0.05) is 6.42 Å². The Labute approximate surface area is 98.2 Å². The summed E-state index contributed by atoms with van der Waals surface area (Å²) in [6.07, 6.45) is 3.79. The minimum atomic E-state index is -1.38. The Kier molecular flexibility index (Phi) is 3.10. The third kappa shape index (κ3) is 1.78. The van der Waals surface area contributed by atoms with E-state index in [1.165, 1.54) is 11.6 Å². The van der Waals surface area contributed by atoms with Crippen LogP contribution in [0.3, 0.4) is 0 Å². The molecule has 1 aromatic rings. The molecule has 0 spiro atoms. The SMILES string of the molecule is C=CC[Si@@]1(C)C[C@@H](CC=O)c2ccccc21. The lowest BCUT2D eigenvalue weighted by Gasteiger charge is -2.21. The molecule has 2 atom stereocenters. The molecule has 2 heteroatoms. The zero-order chi connectivity index (χ0) is 11.6. The first-order chi connectivity index (χ1) is 7.71. The van der Waals surface area contributed by atoms with Crippen molar-refractivity contribution in [3.63, 3.8) is 0 Å². The van der Waals surface area contributed by atoms with Crippen LogP contribution in [-0.4, -0.2) is 14.4 Å². The Morgan fingerprint density at radius 2 is 2.25 bits per heavy atom. The van der Waals surface area contributed by atoms with Gasteiger partial charge >= 0.3 is 0 Å². The molecule has 0 radical (unpaired) electrons. The maximum atomic E-state index is 10.7. The van der Waals surface area contributed by atoms with Crippen molar-refractivity contribution in [2.75, 3.05) is 0 Å². The van der Waals surface area contributed by atoms with Crippen molar-refractivity contribution in [1.82, 2.24) is 0 Å². The van der Waals surface area contributed by atoms with Crippen molar-refractivity contribution < 1.29 is 4.79 Å². The average molecular weight is 230 g/mol. The van der Waals surface area contributed by atoms with E-state index in [2.05, 4.69) is 37.4 Å². The lowest BCUT2D eigenvalue weighted by molar-refractivity contribution is -0.108. The molecule has 84 valence electrons. The number of hydrogen-bond acceptors (Lipinski definition) is 1. The quantitative estimate of drug-likeness (QED) is 0.441. The fraction of sp³-hybridized carbons (Fsp3) is 0.357. The molecule has 0 fully saturated rings. The lowest BCUT2D eigenvalue weighted by Crippen LogP contribution is -2.40. The summed E-state index contributed by atoms with van der Waals surface area (Å²) < 4.78 is 0. The van der Waals surface area contributed by atoms with E-state index in [0.717, 1.165) is 12.3 Å². The maximum Gasteiger partial charge on any atom is 0.120 e. The lowest BCUT2D eigenvalue weighted by atomic mass is 9.99. The Balaban J connectivity index is 2.41. The summed E-state index contributed by atoms with van der Waals surface area (Å²) in [6.45, 7) is 6.29. The second kappa shape index (κ2) is 4.38. The first kappa shape index (κ1) is 11.3. The normalized spacial score (nSPS) is 27.4. The van der Waals surface area contributed by atoms with Crippen LogP contribution in [0.4, 0.5) is 0 Å². The van der Waals surface area contributed by atoms with Crippen molar-refractivity contribution in [3.8, 4) is 0 Å². The summed E-state index contributed by atoms with van der Waals surface area (Å²) in [5.74, 6) is 0.463. The zero-order valence-corrected chi connectivity index (χ0v) is 10.8. The molecule has 16 heavy (non-hydrogen) atoms. The monoisotopic (exact) mass is 230 g/mol. The summed E-state index contributed by atoms with van der Waals surface area (Å²) in [7, 11) is -1.38. The number of rotatable bonds is 4. The van der Waals surface area contributed by atoms with Crippen molar-refractivity contribution in [3.05, 3.63) is 42.5 Å². The van der Waals surface area contributed by atoms with E-state index in [1.54, 1.807) is 5.19 Å². The van der Waals surface area contributed by atoms with E-state index in [1.807, 2.05) is 6.08 Å². The molecule has 1 aromatic carbocycles. The van der Waals surface area contributed by atoms with Gasteiger partial charge in [-0.2, -0.15) is 0 Å². The van der Waals surface area contributed by atoms with Crippen molar-refractivity contribution >= 4 is 19.5 Å². The molecular weight excluding hydrogens is 212 g/mol. The van der Waals surface area contributed by atoms with Crippen molar-refractivity contribution in [1.29, 1.82) is 0 Å². The Morgan fingerprint density at radius 3 is 2.94 bits per heavy atom. The van der Waals surface area contributed by atoms with Gasteiger partial charge in [-0.25, -0.2) is 0 Å². The molecule has 0 aliphatic carbocycles. The van der Waals surface area contributed by atoms with Gasteiger partial charge < -0.3 is 4.79 Å². The highest BCUT2D eigenvalue weighted by atomic mass is 28.3. The van der Waals surface area contributed by atoms with Gasteiger partial charge in [-0.1, -0.05) is 42.1 Å². The van der Waals surface area contributed by atoms with E-state index < -0.39 is 8.07 Å². The van der Waals surface area contributed by atoms with Crippen LogP contribution in [-0.2, 0) is 4.79 Å². The predicted octanol–water partition coefficient (Wildman–Crippen LogP) is 2.84. The van der Waals surface area contributed by atoms with E-state index >= 15 is 0 Å². The van der Waals surface area contributed by atoms with Crippen LogP contribution in [0.5, 0.6) is 0 Å². The molecule has 0 aromatic heterocycles. The molecule has 0 saturated heterocycles. The number of benzene rings is 1. The van der Waals surface area contributed by atoms with Gasteiger partial charge in [0.25, 0.3) is 0 Å². The predicted molar refractivity (Wildman–Crippen MR) is 70.9 cm³/mol. The average Bonchev–Trinajstić information content (AvgIpc) is 2.55. The standard InChI is InChI=1S/C14H18OSi/c1-3-10-16(2)11-12(8-9-15)13-6-4-5-7-14(13)16/h3-7,9,12H,1,8,10-11H2,2H3/t12-,16+/m1/s1. The van der Waals surface area contributed by atoms with Crippen molar-refractivity contribution in [2.45, 2.75) is 31.0 Å². The number of carbonyl (C=O) groups excluding carboxylic acids is 1. The summed E-state index contributed by atoms with van der Waals surface area (Å²) in [5.41, 5.74) is 1.42. The molecule has 0 amide bonds. The number of allylic oxidation sites excluding steroid dienone is 1. The molecule has 1 heterocycles. The van der Waals surface area contributed by atoms with Crippen LogP contribution in [0, 0.1) is 0 Å². The summed E-state index contributed by atoms with van der Waals surface area (Å²) in [4.78, 5) is 10.7. The number of fused-ring (bicyclic) bond motifs is 1. The minimum absolute atomic E-state index is 0.463. The third-order valence-electron chi connectivity index (χ3n) is 3.72. The second-order valence-corrected chi connectivity index (χ2v) is 9.42. The maximum absolute atomic E-state index is 10.7. The minimum Gasteiger partial charge on any atom is -0.303 e. The highest BCUT2D eigenvalue weighted by Gasteiger charge is 2.40. The van der Waals surface area contributed by atoms with Crippen LogP contribution < -0.4 is 5.19 Å². The molecular formula is C14H18OSi. The van der Waals surface area contributed by atoms with Gasteiger partial charge in [0.05, 0.1) is 8.07 Å². The smallest absolute Gasteiger partial charge is 0.120 e. The van der Waals surface area contributed by atoms with Crippen LogP contribution in [0.25, 0.3) is 0 Å². The zero-order valence-electron chi connectivity index (χ0n) is 9.78. The Hall–Kier alpha value is -1.15. The van der Waals surface area contributed by atoms with Gasteiger partial charge in [0.15, 0.2) is 0 Å². The largest absolute Gasteiger partial charge is 0.303 e. The molecule has 0 bridgehead atoms. The summed E-state index contributed by atoms with van der Waals surface area (Å²) >= 11 is 0. The Morgan fingerprint density at radius 1 is 1.50 bits per heavy atom.